The van der Waals surface area contributed by atoms with E-state index < -0.39 is 24.3 Å². The van der Waals surface area contributed by atoms with Gasteiger partial charge in [0.15, 0.2) is 12.4 Å². The number of unbranched alkanes of at least 4 members (excludes halogenated alkanes) is 54. The molecule has 0 aromatic rings. The monoisotopic (exact) mass is 1150 g/mol. The van der Waals surface area contributed by atoms with Crippen molar-refractivity contribution in [3.05, 3.63) is 0 Å². The molecule has 2 atom stereocenters. The summed E-state index contributed by atoms with van der Waals surface area (Å²) in [4.78, 5) is 37.4. The first-order valence-corrected chi connectivity index (χ1v) is 36.2. The highest BCUT2D eigenvalue weighted by Crippen LogP contribution is 2.20. The summed E-state index contributed by atoms with van der Waals surface area (Å²) < 4.78 is 22.8. The minimum Gasteiger partial charge on any atom is -0.545 e. The van der Waals surface area contributed by atoms with E-state index in [2.05, 4.69) is 13.8 Å². The van der Waals surface area contributed by atoms with Crippen LogP contribution in [0.4, 0.5) is 0 Å². The number of carbonyl (C=O) groups excluding carboxylic acids is 3. The van der Waals surface area contributed by atoms with Crippen LogP contribution in [0.1, 0.15) is 386 Å². The van der Waals surface area contributed by atoms with Crippen LogP contribution >= 0.6 is 0 Å². The Bertz CT molecular complexity index is 1290. The van der Waals surface area contributed by atoms with Gasteiger partial charge >= 0.3 is 11.9 Å². The fraction of sp³-hybridized carbons (Fsp3) is 0.958. The fourth-order valence-corrected chi connectivity index (χ4v) is 11.3. The van der Waals surface area contributed by atoms with Crippen LogP contribution in [0.3, 0.4) is 0 Å². The maximum atomic E-state index is 12.9. The molecule has 0 fully saturated rings. The van der Waals surface area contributed by atoms with Crippen LogP contribution in [0, 0.1) is 0 Å². The molecule has 482 valence electrons. The zero-order valence-corrected chi connectivity index (χ0v) is 55.2. The summed E-state index contributed by atoms with van der Waals surface area (Å²) in [7, 11) is 5.94. The standard InChI is InChI=1S/C72H141NO8/c1-6-8-10-12-14-16-18-20-22-24-25-26-27-28-29-30-31-32-33-34-35-36-37-38-39-40-41-42-43-44-45-46-47-49-51-53-55-57-59-61-63-70(75)81-68(67-80-72(71(76)77)78-65-64-73(3,4)5)66-79-69(74)62-60-58-56-54-52-50-48-23-21-19-17-15-13-11-9-7-2/h68,72H,6-67H2,1-5H3. The molecular formula is C72H141NO8. The van der Waals surface area contributed by atoms with Crippen LogP contribution in [-0.2, 0) is 33.3 Å². The number of hydrogen-bond acceptors (Lipinski definition) is 8. The first-order chi connectivity index (χ1) is 39.6. The van der Waals surface area contributed by atoms with Gasteiger partial charge in [-0.3, -0.25) is 9.59 Å². The van der Waals surface area contributed by atoms with Gasteiger partial charge in [-0.25, -0.2) is 0 Å². The molecular weight excluding hydrogens is 1010 g/mol. The average molecular weight is 1150 g/mol. The molecule has 0 aliphatic carbocycles. The van der Waals surface area contributed by atoms with Crippen LogP contribution in [0.2, 0.25) is 0 Å². The van der Waals surface area contributed by atoms with Crippen LogP contribution in [0.25, 0.3) is 0 Å². The number of hydrogen-bond donors (Lipinski definition) is 0. The number of carbonyl (C=O) groups is 3. The van der Waals surface area contributed by atoms with E-state index >= 15 is 0 Å². The van der Waals surface area contributed by atoms with Gasteiger partial charge in [-0.2, -0.15) is 0 Å². The molecule has 0 amide bonds. The third kappa shape index (κ3) is 65.7. The van der Waals surface area contributed by atoms with Gasteiger partial charge in [-0.15, -0.1) is 0 Å². The Labute approximate surface area is 504 Å². The summed E-state index contributed by atoms with van der Waals surface area (Å²) in [5.41, 5.74) is 0. The SMILES string of the molecule is CCCCCCCCCCCCCCCCCCCCCCCCCCCCCCCCCCCCCCCCCCC(=O)OC(COC(=O)CCCCCCCCCCCCCCCCCC)COC(OCC[N+](C)(C)C)C(=O)[O-]. The molecule has 0 aliphatic heterocycles. The Morgan fingerprint density at radius 1 is 0.321 bits per heavy atom. The van der Waals surface area contributed by atoms with Crippen LogP contribution < -0.4 is 5.11 Å². The largest absolute Gasteiger partial charge is 0.545 e. The smallest absolute Gasteiger partial charge is 0.306 e. The maximum Gasteiger partial charge on any atom is 0.306 e. The molecule has 9 nitrogen and oxygen atoms in total. The van der Waals surface area contributed by atoms with Gasteiger partial charge in [-0.1, -0.05) is 361 Å². The Balaban J connectivity index is 3.87. The lowest BCUT2D eigenvalue weighted by Gasteiger charge is -2.26. The van der Waals surface area contributed by atoms with Gasteiger partial charge in [0.1, 0.15) is 13.2 Å². The Kier molecular flexibility index (Phi) is 62.9. The second-order valence-electron chi connectivity index (χ2n) is 26.3. The van der Waals surface area contributed by atoms with Crippen molar-refractivity contribution in [1.29, 1.82) is 0 Å². The number of rotatable bonds is 69. The topological polar surface area (TPSA) is 111 Å². The van der Waals surface area contributed by atoms with E-state index in [1.54, 1.807) is 0 Å². The molecule has 0 bridgehead atoms. The summed E-state index contributed by atoms with van der Waals surface area (Å²) in [5.74, 6) is -2.25. The summed E-state index contributed by atoms with van der Waals surface area (Å²) in [6, 6.07) is 0. The second kappa shape index (κ2) is 64.3. The molecule has 81 heavy (non-hydrogen) atoms. The minimum atomic E-state index is -1.61. The van der Waals surface area contributed by atoms with Crippen molar-refractivity contribution in [3.63, 3.8) is 0 Å². The molecule has 0 radical (unpaired) electrons. The third-order valence-corrected chi connectivity index (χ3v) is 16.9. The predicted molar refractivity (Wildman–Crippen MR) is 344 cm³/mol. The summed E-state index contributed by atoms with van der Waals surface area (Å²) in [5, 5.41) is 11.8. The lowest BCUT2D eigenvalue weighted by Crippen LogP contribution is -2.44. The lowest BCUT2D eigenvalue weighted by molar-refractivity contribution is -0.870. The summed E-state index contributed by atoms with van der Waals surface area (Å²) >= 11 is 0. The quantitative estimate of drug-likeness (QED) is 0.0256. The fourth-order valence-electron chi connectivity index (χ4n) is 11.3. The molecule has 0 rings (SSSR count). The van der Waals surface area contributed by atoms with Crippen molar-refractivity contribution < 1.29 is 42.9 Å². The summed E-state index contributed by atoms with van der Waals surface area (Å²) in [6.45, 7) is 4.83. The number of carboxylic acid groups (broad SMARTS) is 1. The van der Waals surface area contributed by atoms with Crippen LogP contribution in [-0.4, -0.2) is 82.3 Å². The van der Waals surface area contributed by atoms with Crippen molar-refractivity contribution in [3.8, 4) is 0 Å². The molecule has 9 heteroatoms. The van der Waals surface area contributed by atoms with Crippen LogP contribution in [0.15, 0.2) is 0 Å². The van der Waals surface area contributed by atoms with E-state index in [0.717, 1.165) is 38.5 Å². The van der Waals surface area contributed by atoms with Gasteiger partial charge in [0, 0.05) is 12.8 Å². The van der Waals surface area contributed by atoms with E-state index in [9.17, 15) is 19.5 Å². The Morgan fingerprint density at radius 2 is 0.556 bits per heavy atom. The first-order valence-electron chi connectivity index (χ1n) is 36.2. The molecule has 0 spiro atoms. The molecule has 0 heterocycles. The number of esters is 2. The van der Waals surface area contributed by atoms with E-state index in [1.807, 2.05) is 21.1 Å². The number of ether oxygens (including phenoxy) is 4. The van der Waals surface area contributed by atoms with E-state index in [4.69, 9.17) is 18.9 Å². The minimum absolute atomic E-state index is 0.153. The molecule has 0 saturated heterocycles. The van der Waals surface area contributed by atoms with Crippen molar-refractivity contribution in [2.45, 2.75) is 399 Å². The lowest BCUT2D eigenvalue weighted by atomic mass is 10.0. The second-order valence-corrected chi connectivity index (χ2v) is 26.3. The third-order valence-electron chi connectivity index (χ3n) is 16.9. The molecule has 0 saturated carbocycles. The highest BCUT2D eigenvalue weighted by molar-refractivity contribution is 5.70. The van der Waals surface area contributed by atoms with Crippen molar-refractivity contribution in [1.82, 2.24) is 0 Å². The molecule has 0 aromatic heterocycles. The summed E-state index contributed by atoms with van der Waals surface area (Å²) in [6.07, 6.45) is 73.7. The zero-order chi connectivity index (χ0) is 59.1. The molecule has 0 aromatic carbocycles. The van der Waals surface area contributed by atoms with Gasteiger partial charge in [-0.05, 0) is 12.8 Å². The predicted octanol–water partition coefficient (Wildman–Crippen LogP) is 20.9. The van der Waals surface area contributed by atoms with Crippen molar-refractivity contribution >= 4 is 17.9 Å². The van der Waals surface area contributed by atoms with Gasteiger partial charge in [0.25, 0.3) is 0 Å². The number of likely N-dealkylation sites (N-methyl/N-ethyl adjacent to an activating group) is 1. The highest BCUT2D eigenvalue weighted by atomic mass is 16.7. The van der Waals surface area contributed by atoms with Crippen molar-refractivity contribution in [2.24, 2.45) is 0 Å². The average Bonchev–Trinajstić information content (AvgIpc) is 3.44. The first kappa shape index (κ1) is 79.3. The number of quaternary nitrogens is 1. The number of aliphatic carboxylic acids is 1. The Morgan fingerprint density at radius 3 is 0.790 bits per heavy atom. The highest BCUT2D eigenvalue weighted by Gasteiger charge is 2.22. The van der Waals surface area contributed by atoms with Crippen molar-refractivity contribution in [2.75, 3.05) is 47.5 Å². The zero-order valence-electron chi connectivity index (χ0n) is 55.2. The maximum absolute atomic E-state index is 12.9. The van der Waals surface area contributed by atoms with E-state index in [-0.39, 0.29) is 32.2 Å². The number of carboxylic acids is 1. The van der Waals surface area contributed by atoms with Gasteiger partial charge in [0.05, 0.1) is 40.3 Å². The molecule has 0 N–H and O–H groups in total. The van der Waals surface area contributed by atoms with Gasteiger partial charge in [0.2, 0.25) is 0 Å². The normalized spacial score (nSPS) is 12.6. The Hall–Kier alpha value is -1.71. The van der Waals surface area contributed by atoms with Crippen LogP contribution in [0.5, 0.6) is 0 Å². The number of nitrogens with zero attached hydrogens (tertiary/aromatic N) is 1. The van der Waals surface area contributed by atoms with E-state index in [0.29, 0.717) is 17.4 Å². The molecule has 0 aliphatic rings. The van der Waals surface area contributed by atoms with E-state index in [1.165, 1.54) is 321 Å². The van der Waals surface area contributed by atoms with Gasteiger partial charge < -0.3 is 33.3 Å². The molecule has 2 unspecified atom stereocenters.